The van der Waals surface area contributed by atoms with E-state index in [1.165, 1.54) is 11.3 Å². The highest BCUT2D eigenvalue weighted by Gasteiger charge is 2.28. The summed E-state index contributed by atoms with van der Waals surface area (Å²) >= 11 is 1.52. The van der Waals surface area contributed by atoms with E-state index in [-0.39, 0.29) is 0 Å². The minimum Gasteiger partial charge on any atom is -0.497 e. The number of rotatable bonds is 4. The molecule has 1 aromatic heterocycles. The molecule has 0 aliphatic heterocycles. The number of carboxylic acid groups (broad SMARTS) is 1. The van der Waals surface area contributed by atoms with Gasteiger partial charge in [0.05, 0.1) is 27.7 Å². The zero-order valence-corrected chi connectivity index (χ0v) is 11.4. The Hall–Kier alpha value is -1.62. The number of fused-ring (bicyclic) bond motifs is 1. The third-order valence-corrected chi connectivity index (χ3v) is 3.83. The van der Waals surface area contributed by atoms with Crippen molar-refractivity contribution in [3.63, 3.8) is 0 Å². The first-order valence-electron chi connectivity index (χ1n) is 5.59. The van der Waals surface area contributed by atoms with Gasteiger partial charge in [-0.1, -0.05) is 0 Å². The van der Waals surface area contributed by atoms with Gasteiger partial charge < -0.3 is 9.84 Å². The zero-order chi connectivity index (χ0) is 13.3. The molecule has 0 spiro atoms. The number of hydrogen-bond acceptors (Lipinski definition) is 4. The van der Waals surface area contributed by atoms with Crippen molar-refractivity contribution in [3.05, 3.63) is 23.2 Å². The van der Waals surface area contributed by atoms with Crippen LogP contribution in [0.2, 0.25) is 0 Å². The number of benzene rings is 1. The second kappa shape index (κ2) is 4.57. The molecule has 0 radical (unpaired) electrons. The predicted molar refractivity (Wildman–Crippen MR) is 71.3 cm³/mol. The SMILES string of the molecule is COc1ccc2nc(CC(C)(C)C(=O)O)sc2c1. The Morgan fingerprint density at radius 1 is 1.50 bits per heavy atom. The van der Waals surface area contributed by atoms with E-state index < -0.39 is 11.4 Å². The average molecular weight is 265 g/mol. The highest BCUT2D eigenvalue weighted by Crippen LogP contribution is 2.30. The van der Waals surface area contributed by atoms with Crippen LogP contribution in [-0.4, -0.2) is 23.2 Å². The lowest BCUT2D eigenvalue weighted by atomic mass is 9.90. The van der Waals surface area contributed by atoms with Gasteiger partial charge in [0.25, 0.3) is 0 Å². The van der Waals surface area contributed by atoms with Gasteiger partial charge in [-0.3, -0.25) is 4.79 Å². The van der Waals surface area contributed by atoms with E-state index in [1.54, 1.807) is 21.0 Å². The number of nitrogens with zero attached hydrogens (tertiary/aromatic N) is 1. The summed E-state index contributed by atoms with van der Waals surface area (Å²) in [6, 6.07) is 5.67. The molecule has 0 amide bonds. The summed E-state index contributed by atoms with van der Waals surface area (Å²) in [6.45, 7) is 3.42. The van der Waals surface area contributed by atoms with Crippen LogP contribution in [0.5, 0.6) is 5.75 Å². The maximum Gasteiger partial charge on any atom is 0.309 e. The third kappa shape index (κ3) is 2.46. The molecule has 96 valence electrons. The van der Waals surface area contributed by atoms with Crippen LogP contribution in [0.15, 0.2) is 18.2 Å². The number of ether oxygens (including phenoxy) is 1. The molecule has 1 N–H and O–H groups in total. The number of thiazole rings is 1. The lowest BCUT2D eigenvalue weighted by molar-refractivity contribution is -0.146. The van der Waals surface area contributed by atoms with Gasteiger partial charge in [-0.25, -0.2) is 4.98 Å². The van der Waals surface area contributed by atoms with Gasteiger partial charge in [0, 0.05) is 6.42 Å². The first kappa shape index (κ1) is 12.8. The van der Waals surface area contributed by atoms with Crippen molar-refractivity contribution in [1.29, 1.82) is 0 Å². The van der Waals surface area contributed by atoms with Gasteiger partial charge in [0.1, 0.15) is 5.75 Å². The van der Waals surface area contributed by atoms with Crippen LogP contribution in [0, 0.1) is 5.41 Å². The van der Waals surface area contributed by atoms with E-state index in [9.17, 15) is 4.79 Å². The van der Waals surface area contributed by atoms with Gasteiger partial charge in [-0.2, -0.15) is 0 Å². The van der Waals surface area contributed by atoms with E-state index in [0.29, 0.717) is 6.42 Å². The average Bonchev–Trinajstić information content (AvgIpc) is 2.68. The Morgan fingerprint density at radius 2 is 2.22 bits per heavy atom. The van der Waals surface area contributed by atoms with Crippen LogP contribution >= 0.6 is 11.3 Å². The Balaban J connectivity index is 2.33. The van der Waals surface area contributed by atoms with E-state index in [4.69, 9.17) is 9.84 Å². The molecule has 0 unspecified atom stereocenters. The van der Waals surface area contributed by atoms with Crippen molar-refractivity contribution >= 4 is 27.5 Å². The van der Waals surface area contributed by atoms with Crippen molar-refractivity contribution in [2.24, 2.45) is 5.41 Å². The smallest absolute Gasteiger partial charge is 0.309 e. The first-order valence-corrected chi connectivity index (χ1v) is 6.41. The second-order valence-corrected chi connectivity index (χ2v) is 5.92. The molecule has 0 aliphatic rings. The Labute approximate surface area is 109 Å². The van der Waals surface area contributed by atoms with E-state index >= 15 is 0 Å². The van der Waals surface area contributed by atoms with Crippen molar-refractivity contribution in [2.45, 2.75) is 20.3 Å². The molecule has 0 saturated carbocycles. The molecule has 2 aromatic rings. The third-order valence-electron chi connectivity index (χ3n) is 2.81. The molecule has 0 atom stereocenters. The topological polar surface area (TPSA) is 59.4 Å². The molecule has 5 heteroatoms. The number of hydrogen-bond donors (Lipinski definition) is 1. The Bertz CT molecular complexity index is 589. The maximum atomic E-state index is 11.1. The van der Waals surface area contributed by atoms with Crippen LogP contribution in [-0.2, 0) is 11.2 Å². The van der Waals surface area contributed by atoms with Crippen LogP contribution in [0.25, 0.3) is 10.2 Å². The van der Waals surface area contributed by atoms with Gasteiger partial charge in [-0.05, 0) is 32.0 Å². The molecule has 1 aromatic carbocycles. The van der Waals surface area contributed by atoms with Crippen molar-refractivity contribution < 1.29 is 14.6 Å². The Morgan fingerprint density at radius 3 is 2.83 bits per heavy atom. The van der Waals surface area contributed by atoms with E-state index in [2.05, 4.69) is 4.98 Å². The number of methoxy groups -OCH3 is 1. The fourth-order valence-electron chi connectivity index (χ4n) is 1.61. The number of carbonyl (C=O) groups is 1. The minimum atomic E-state index is -0.806. The number of aliphatic carboxylic acids is 1. The van der Waals surface area contributed by atoms with Crippen molar-refractivity contribution in [3.8, 4) is 5.75 Å². The molecule has 0 aliphatic carbocycles. The minimum absolute atomic E-state index is 0.435. The predicted octanol–water partition coefficient (Wildman–Crippen LogP) is 2.96. The molecular weight excluding hydrogens is 250 g/mol. The van der Waals surface area contributed by atoms with Crippen LogP contribution in [0.1, 0.15) is 18.9 Å². The number of carboxylic acids is 1. The summed E-state index contributed by atoms with van der Waals surface area (Å²) in [5, 5.41) is 9.96. The highest BCUT2D eigenvalue weighted by molar-refractivity contribution is 7.18. The normalized spacial score (nSPS) is 11.7. The molecular formula is C13H15NO3S. The fourth-order valence-corrected chi connectivity index (χ4v) is 2.83. The largest absolute Gasteiger partial charge is 0.497 e. The van der Waals surface area contributed by atoms with E-state index in [0.717, 1.165) is 21.0 Å². The molecule has 1 heterocycles. The van der Waals surface area contributed by atoms with Gasteiger partial charge >= 0.3 is 5.97 Å². The fraction of sp³-hybridized carbons (Fsp3) is 0.385. The Kier molecular flexibility index (Phi) is 3.26. The maximum absolute atomic E-state index is 11.1. The lowest BCUT2D eigenvalue weighted by Gasteiger charge is -2.16. The summed E-state index contributed by atoms with van der Waals surface area (Å²) in [5.41, 5.74) is 0.0924. The standard InChI is InChI=1S/C13H15NO3S/c1-13(2,12(15)16)7-11-14-9-5-4-8(17-3)6-10(9)18-11/h4-6H,7H2,1-3H3,(H,15,16). The van der Waals surface area contributed by atoms with Crippen LogP contribution in [0.4, 0.5) is 0 Å². The molecule has 4 nitrogen and oxygen atoms in total. The molecule has 0 bridgehead atoms. The summed E-state index contributed by atoms with van der Waals surface area (Å²) in [4.78, 5) is 15.6. The van der Waals surface area contributed by atoms with Crippen molar-refractivity contribution in [2.75, 3.05) is 7.11 Å². The van der Waals surface area contributed by atoms with Gasteiger partial charge in [-0.15, -0.1) is 11.3 Å². The van der Waals surface area contributed by atoms with Gasteiger partial charge in [0.15, 0.2) is 0 Å². The second-order valence-electron chi connectivity index (χ2n) is 4.81. The highest BCUT2D eigenvalue weighted by atomic mass is 32.1. The van der Waals surface area contributed by atoms with Crippen molar-refractivity contribution in [1.82, 2.24) is 4.98 Å². The quantitative estimate of drug-likeness (QED) is 0.923. The lowest BCUT2D eigenvalue weighted by Crippen LogP contribution is -2.26. The summed E-state index contributed by atoms with van der Waals surface area (Å²) in [6.07, 6.45) is 0.435. The summed E-state index contributed by atoms with van der Waals surface area (Å²) in [7, 11) is 1.62. The summed E-state index contributed by atoms with van der Waals surface area (Å²) < 4.78 is 6.17. The number of aromatic nitrogens is 1. The van der Waals surface area contributed by atoms with E-state index in [1.807, 2.05) is 18.2 Å². The molecule has 0 saturated heterocycles. The molecule has 18 heavy (non-hydrogen) atoms. The van der Waals surface area contributed by atoms with Crippen LogP contribution in [0.3, 0.4) is 0 Å². The zero-order valence-electron chi connectivity index (χ0n) is 10.6. The van der Waals surface area contributed by atoms with Crippen LogP contribution < -0.4 is 4.74 Å². The first-order chi connectivity index (χ1) is 8.42. The molecule has 2 rings (SSSR count). The van der Waals surface area contributed by atoms with Gasteiger partial charge in [0.2, 0.25) is 0 Å². The monoisotopic (exact) mass is 265 g/mol. The summed E-state index contributed by atoms with van der Waals surface area (Å²) in [5.74, 6) is -0.0190. The molecule has 0 fully saturated rings.